The Balaban J connectivity index is 1.91. The predicted octanol–water partition coefficient (Wildman–Crippen LogP) is 5.33. The predicted molar refractivity (Wildman–Crippen MR) is 120 cm³/mol. The molecule has 0 unspecified atom stereocenters. The Kier molecular flexibility index (Phi) is 4.69. The van der Waals surface area contributed by atoms with Crippen LogP contribution in [0.4, 0.5) is 0 Å². The maximum Gasteiger partial charge on any atom is 0.161 e. The van der Waals surface area contributed by atoms with Gasteiger partial charge in [-0.1, -0.05) is 24.3 Å². The van der Waals surface area contributed by atoms with E-state index in [1.807, 2.05) is 58.0 Å². The number of nitrogens with one attached hydrogen (secondary N) is 2. The van der Waals surface area contributed by atoms with Crippen LogP contribution in [0, 0.1) is 27.7 Å². The Labute approximate surface area is 176 Å². The Morgan fingerprint density at radius 3 is 1.97 bits per heavy atom. The van der Waals surface area contributed by atoms with E-state index in [0.717, 1.165) is 67.6 Å². The minimum atomic E-state index is 0.0457. The van der Waals surface area contributed by atoms with Crippen LogP contribution in [0.1, 0.15) is 79.6 Å². The molecular weight excluding hydrogens is 374 g/mol. The van der Waals surface area contributed by atoms with Gasteiger partial charge in [0.15, 0.2) is 11.6 Å². The molecule has 3 heterocycles. The lowest BCUT2D eigenvalue weighted by molar-refractivity contribution is 0.100. The summed E-state index contributed by atoms with van der Waals surface area (Å²) in [4.78, 5) is 35.7. The molecule has 3 aromatic rings. The average molecular weight is 399 g/mol. The van der Waals surface area contributed by atoms with Gasteiger partial charge in [0.1, 0.15) is 0 Å². The van der Waals surface area contributed by atoms with Crippen molar-refractivity contribution in [3.63, 3.8) is 0 Å². The van der Waals surface area contributed by atoms with Crippen molar-refractivity contribution in [2.45, 2.75) is 41.5 Å². The SMILES string of the molecule is CC(=O)c1c(C)[nH]c(/C=C2\N=C(c3[nH]c(C)c(C(C)=O)c3C)c3ccccc32)c1C. The molecule has 0 bridgehead atoms. The highest BCUT2D eigenvalue weighted by Gasteiger charge is 2.26. The number of carbonyl (C=O) groups is 2. The fourth-order valence-corrected chi connectivity index (χ4v) is 4.55. The summed E-state index contributed by atoms with van der Waals surface area (Å²) in [6, 6.07) is 8.08. The highest BCUT2D eigenvalue weighted by atomic mass is 16.1. The van der Waals surface area contributed by atoms with Gasteiger partial charge < -0.3 is 9.97 Å². The molecule has 5 heteroatoms. The topological polar surface area (TPSA) is 78.1 Å². The third-order valence-corrected chi connectivity index (χ3v) is 5.83. The molecule has 0 saturated carbocycles. The molecule has 30 heavy (non-hydrogen) atoms. The summed E-state index contributed by atoms with van der Waals surface area (Å²) >= 11 is 0. The largest absolute Gasteiger partial charge is 0.358 e. The van der Waals surface area contributed by atoms with Crippen LogP contribution < -0.4 is 0 Å². The van der Waals surface area contributed by atoms with E-state index in [2.05, 4.69) is 9.97 Å². The van der Waals surface area contributed by atoms with Gasteiger partial charge in [0.25, 0.3) is 0 Å². The molecule has 1 aliphatic heterocycles. The number of aryl methyl sites for hydroxylation is 2. The standard InChI is InChI=1S/C25H25N3O2/c1-12-20(26-14(3)22(12)16(5)29)11-21-18-9-7-8-10-19(18)25(28-21)24-13(2)23(17(6)30)15(4)27-24/h7-11,26-27H,1-6H3/b21-11-. The molecular formula is C25H25N3O2. The van der Waals surface area contributed by atoms with Crippen LogP contribution in [-0.2, 0) is 0 Å². The van der Waals surface area contributed by atoms with Crippen LogP contribution in [0.2, 0.25) is 0 Å². The number of Topliss-reactive ketones (excluding diaryl/α,β-unsaturated/α-hetero) is 2. The summed E-state index contributed by atoms with van der Waals surface area (Å²) in [5.74, 6) is 0.0977. The lowest BCUT2D eigenvalue weighted by atomic mass is 9.98. The fraction of sp³-hybridized carbons (Fsp3) is 0.240. The van der Waals surface area contributed by atoms with Gasteiger partial charge in [-0.2, -0.15) is 0 Å². The molecule has 5 nitrogen and oxygen atoms in total. The molecule has 4 rings (SSSR count). The van der Waals surface area contributed by atoms with E-state index < -0.39 is 0 Å². The first kappa shape index (κ1) is 19.8. The molecule has 0 amide bonds. The molecule has 0 fully saturated rings. The number of fused-ring (bicyclic) bond motifs is 1. The first-order chi connectivity index (χ1) is 14.2. The van der Waals surface area contributed by atoms with Crippen LogP contribution in [0.5, 0.6) is 0 Å². The van der Waals surface area contributed by atoms with Gasteiger partial charge in [0.2, 0.25) is 0 Å². The van der Waals surface area contributed by atoms with Gasteiger partial charge in [0.05, 0.1) is 17.1 Å². The van der Waals surface area contributed by atoms with Crippen LogP contribution in [-0.4, -0.2) is 27.2 Å². The minimum absolute atomic E-state index is 0.0457. The Hall–Kier alpha value is -3.47. The summed E-state index contributed by atoms with van der Waals surface area (Å²) in [6.45, 7) is 10.9. The summed E-state index contributed by atoms with van der Waals surface area (Å²) in [6.07, 6.45) is 2.00. The Morgan fingerprint density at radius 2 is 1.40 bits per heavy atom. The number of ketones is 2. The lowest BCUT2D eigenvalue weighted by Crippen LogP contribution is -2.04. The second-order valence-corrected chi connectivity index (χ2v) is 7.94. The van der Waals surface area contributed by atoms with E-state index in [0.29, 0.717) is 0 Å². The quantitative estimate of drug-likeness (QED) is 0.582. The number of hydrogen-bond acceptors (Lipinski definition) is 3. The smallest absolute Gasteiger partial charge is 0.161 e. The zero-order valence-corrected chi connectivity index (χ0v) is 18.2. The highest BCUT2D eigenvalue weighted by Crippen LogP contribution is 2.35. The number of rotatable bonds is 4. The Bertz CT molecular complexity index is 1280. The summed E-state index contributed by atoms with van der Waals surface area (Å²) < 4.78 is 0. The third-order valence-electron chi connectivity index (χ3n) is 5.83. The normalized spacial score (nSPS) is 14.2. The van der Waals surface area contributed by atoms with E-state index in [4.69, 9.17) is 4.99 Å². The van der Waals surface area contributed by atoms with Gasteiger partial charge in [-0.15, -0.1) is 0 Å². The molecule has 0 radical (unpaired) electrons. The molecule has 2 N–H and O–H groups in total. The number of H-pyrrole nitrogens is 2. The fourth-order valence-electron chi connectivity index (χ4n) is 4.55. The number of aromatic nitrogens is 2. The lowest BCUT2D eigenvalue weighted by Gasteiger charge is -2.03. The van der Waals surface area contributed by atoms with Crippen LogP contribution in [0.3, 0.4) is 0 Å². The number of carbonyl (C=O) groups excluding carboxylic acids is 2. The van der Waals surface area contributed by atoms with Gasteiger partial charge in [0, 0.05) is 39.3 Å². The number of aliphatic imine (C=N–C) groups is 1. The monoisotopic (exact) mass is 399 g/mol. The number of hydrogen-bond donors (Lipinski definition) is 2. The molecule has 0 saturated heterocycles. The minimum Gasteiger partial charge on any atom is -0.358 e. The molecule has 2 aromatic heterocycles. The first-order valence-electron chi connectivity index (χ1n) is 10.0. The molecule has 0 atom stereocenters. The number of nitrogens with zero attached hydrogens (tertiary/aromatic N) is 1. The first-order valence-corrected chi connectivity index (χ1v) is 10.0. The van der Waals surface area contributed by atoms with Crippen molar-refractivity contribution in [1.29, 1.82) is 0 Å². The van der Waals surface area contributed by atoms with E-state index in [1.54, 1.807) is 13.8 Å². The maximum absolute atomic E-state index is 12.1. The summed E-state index contributed by atoms with van der Waals surface area (Å²) in [5, 5.41) is 0. The second kappa shape index (κ2) is 7.10. The molecule has 152 valence electrons. The summed E-state index contributed by atoms with van der Waals surface area (Å²) in [7, 11) is 0. The van der Waals surface area contributed by atoms with Crippen molar-refractivity contribution >= 4 is 29.1 Å². The molecule has 1 aliphatic rings. The zero-order chi connectivity index (χ0) is 21.7. The molecule has 0 spiro atoms. The van der Waals surface area contributed by atoms with E-state index in [-0.39, 0.29) is 11.6 Å². The molecule has 1 aromatic carbocycles. The van der Waals surface area contributed by atoms with Gasteiger partial charge in [-0.3, -0.25) is 9.59 Å². The van der Waals surface area contributed by atoms with Crippen molar-refractivity contribution in [3.8, 4) is 0 Å². The van der Waals surface area contributed by atoms with Crippen LogP contribution in [0.25, 0.3) is 11.8 Å². The average Bonchev–Trinajstić information content (AvgIpc) is 3.27. The van der Waals surface area contributed by atoms with Crippen LogP contribution in [0.15, 0.2) is 29.3 Å². The van der Waals surface area contributed by atoms with Crippen molar-refractivity contribution in [1.82, 2.24) is 9.97 Å². The third kappa shape index (κ3) is 2.98. The van der Waals surface area contributed by atoms with Crippen molar-refractivity contribution in [3.05, 3.63) is 80.4 Å². The van der Waals surface area contributed by atoms with E-state index >= 15 is 0 Å². The van der Waals surface area contributed by atoms with E-state index in [1.165, 1.54) is 0 Å². The Morgan fingerprint density at radius 1 is 0.833 bits per heavy atom. The highest BCUT2D eigenvalue weighted by molar-refractivity contribution is 6.22. The van der Waals surface area contributed by atoms with Crippen LogP contribution >= 0.6 is 0 Å². The van der Waals surface area contributed by atoms with Gasteiger partial charge >= 0.3 is 0 Å². The maximum atomic E-state index is 12.1. The van der Waals surface area contributed by atoms with E-state index in [9.17, 15) is 9.59 Å². The van der Waals surface area contributed by atoms with Gasteiger partial charge in [-0.25, -0.2) is 4.99 Å². The second-order valence-electron chi connectivity index (χ2n) is 7.94. The van der Waals surface area contributed by atoms with Crippen molar-refractivity contribution in [2.24, 2.45) is 4.99 Å². The zero-order valence-electron chi connectivity index (χ0n) is 18.2. The van der Waals surface area contributed by atoms with Crippen molar-refractivity contribution in [2.75, 3.05) is 0 Å². The molecule has 0 aliphatic carbocycles. The van der Waals surface area contributed by atoms with Crippen molar-refractivity contribution < 1.29 is 9.59 Å². The number of benzene rings is 1. The summed E-state index contributed by atoms with van der Waals surface area (Å²) in [5.41, 5.74) is 10.5. The van der Waals surface area contributed by atoms with Gasteiger partial charge in [-0.05, 0) is 58.7 Å². The number of aromatic amines is 2.